The lowest BCUT2D eigenvalue weighted by atomic mass is 9.93. The fourth-order valence-corrected chi connectivity index (χ4v) is 1.69. The van der Waals surface area contributed by atoms with Crippen LogP contribution in [-0.4, -0.2) is 24.2 Å². The van der Waals surface area contributed by atoms with Gasteiger partial charge in [0.2, 0.25) is 0 Å². The molecule has 80 valence electrons. The van der Waals surface area contributed by atoms with Crippen LogP contribution in [0.3, 0.4) is 0 Å². The van der Waals surface area contributed by atoms with Gasteiger partial charge in [-0.25, -0.2) is 0 Å². The third-order valence-electron chi connectivity index (χ3n) is 1.81. The first kappa shape index (κ1) is 12.9. The molecule has 0 saturated carbocycles. The summed E-state index contributed by atoms with van der Waals surface area (Å²) in [7, 11) is 0. The standard InChI is InChI=1S/C8H18N2.C3H8/c1-7(2)5-9-6-8(3,4)10-7;1-3-2/h9-10H,5-6H2,1-4H3;3H2,1-2H3. The molecule has 0 bridgehead atoms. The molecule has 0 atom stereocenters. The number of hydrogen-bond acceptors (Lipinski definition) is 2. The van der Waals surface area contributed by atoms with Crippen LogP contribution in [-0.2, 0) is 0 Å². The Balaban J connectivity index is 0.000000424. The molecule has 0 aliphatic carbocycles. The van der Waals surface area contributed by atoms with Gasteiger partial charge in [0.05, 0.1) is 0 Å². The number of hydrogen-bond donors (Lipinski definition) is 2. The summed E-state index contributed by atoms with van der Waals surface area (Å²) in [6.45, 7) is 15.3. The minimum Gasteiger partial charge on any atom is -0.313 e. The van der Waals surface area contributed by atoms with Gasteiger partial charge in [-0.2, -0.15) is 0 Å². The highest BCUT2D eigenvalue weighted by atomic mass is 15.1. The van der Waals surface area contributed by atoms with Crippen molar-refractivity contribution in [2.45, 2.75) is 59.0 Å². The van der Waals surface area contributed by atoms with Crippen LogP contribution in [0.2, 0.25) is 0 Å². The molecule has 0 radical (unpaired) electrons. The van der Waals surface area contributed by atoms with E-state index in [2.05, 4.69) is 52.2 Å². The summed E-state index contributed by atoms with van der Waals surface area (Å²) in [4.78, 5) is 0. The second-order valence-electron chi connectivity index (χ2n) is 5.20. The first-order valence-electron chi connectivity index (χ1n) is 5.33. The number of piperazine rings is 1. The van der Waals surface area contributed by atoms with Gasteiger partial charge in [0.25, 0.3) is 0 Å². The van der Waals surface area contributed by atoms with Crippen LogP contribution in [0.25, 0.3) is 0 Å². The van der Waals surface area contributed by atoms with Crippen molar-refractivity contribution in [2.75, 3.05) is 13.1 Å². The molecule has 13 heavy (non-hydrogen) atoms. The van der Waals surface area contributed by atoms with E-state index in [1.807, 2.05) is 0 Å². The minimum absolute atomic E-state index is 0.252. The van der Waals surface area contributed by atoms with Crippen LogP contribution in [0.4, 0.5) is 0 Å². The van der Waals surface area contributed by atoms with E-state index in [0.29, 0.717) is 0 Å². The van der Waals surface area contributed by atoms with E-state index >= 15 is 0 Å². The van der Waals surface area contributed by atoms with Crippen molar-refractivity contribution in [3.8, 4) is 0 Å². The molecule has 2 nitrogen and oxygen atoms in total. The molecule has 1 heterocycles. The van der Waals surface area contributed by atoms with Crippen molar-refractivity contribution in [1.29, 1.82) is 0 Å². The Morgan fingerprint density at radius 1 is 0.923 bits per heavy atom. The molecular weight excluding hydrogens is 160 g/mol. The summed E-state index contributed by atoms with van der Waals surface area (Å²) >= 11 is 0. The molecule has 2 N–H and O–H groups in total. The van der Waals surface area contributed by atoms with E-state index in [1.165, 1.54) is 6.42 Å². The monoisotopic (exact) mass is 186 g/mol. The van der Waals surface area contributed by atoms with Crippen molar-refractivity contribution in [1.82, 2.24) is 10.6 Å². The zero-order valence-electron chi connectivity index (χ0n) is 10.1. The average Bonchev–Trinajstić information content (AvgIpc) is 1.82. The normalized spacial score (nSPS) is 24.5. The Bertz CT molecular complexity index is 125. The molecule has 0 spiro atoms. The van der Waals surface area contributed by atoms with E-state index in [0.717, 1.165) is 13.1 Å². The van der Waals surface area contributed by atoms with E-state index in [9.17, 15) is 0 Å². The van der Waals surface area contributed by atoms with Gasteiger partial charge < -0.3 is 10.6 Å². The van der Waals surface area contributed by atoms with Gasteiger partial charge >= 0.3 is 0 Å². The Labute approximate surface area is 83.5 Å². The zero-order chi connectivity index (χ0) is 10.5. The van der Waals surface area contributed by atoms with E-state index in [4.69, 9.17) is 0 Å². The summed E-state index contributed by atoms with van der Waals surface area (Å²) in [6.07, 6.45) is 1.25. The fraction of sp³-hybridized carbons (Fsp3) is 1.00. The van der Waals surface area contributed by atoms with Crippen LogP contribution in [0.1, 0.15) is 48.0 Å². The van der Waals surface area contributed by atoms with Gasteiger partial charge in [0.15, 0.2) is 0 Å². The highest BCUT2D eigenvalue weighted by molar-refractivity contribution is 4.95. The zero-order valence-corrected chi connectivity index (χ0v) is 10.1. The number of nitrogens with one attached hydrogen (secondary N) is 2. The maximum atomic E-state index is 3.57. The van der Waals surface area contributed by atoms with Crippen LogP contribution in [0.15, 0.2) is 0 Å². The van der Waals surface area contributed by atoms with Crippen molar-refractivity contribution in [3.63, 3.8) is 0 Å². The molecular formula is C11H26N2. The maximum Gasteiger partial charge on any atom is 0.0255 e. The molecule has 2 heteroatoms. The van der Waals surface area contributed by atoms with Gasteiger partial charge in [-0.15, -0.1) is 0 Å². The van der Waals surface area contributed by atoms with Crippen LogP contribution in [0, 0.1) is 0 Å². The molecule has 0 aromatic heterocycles. The molecule has 1 aliphatic heterocycles. The lowest BCUT2D eigenvalue weighted by Gasteiger charge is -2.42. The first-order chi connectivity index (χ1) is 5.83. The van der Waals surface area contributed by atoms with Crippen molar-refractivity contribution < 1.29 is 0 Å². The van der Waals surface area contributed by atoms with Crippen LogP contribution < -0.4 is 10.6 Å². The Kier molecular flexibility index (Phi) is 4.93. The summed E-state index contributed by atoms with van der Waals surface area (Å²) in [5, 5.41) is 6.97. The topological polar surface area (TPSA) is 24.1 Å². The van der Waals surface area contributed by atoms with Gasteiger partial charge in [-0.1, -0.05) is 20.3 Å². The van der Waals surface area contributed by atoms with Gasteiger partial charge in [-0.05, 0) is 27.7 Å². The highest BCUT2D eigenvalue weighted by Gasteiger charge is 2.31. The third kappa shape index (κ3) is 6.05. The summed E-state index contributed by atoms with van der Waals surface area (Å²) < 4.78 is 0. The van der Waals surface area contributed by atoms with Crippen LogP contribution >= 0.6 is 0 Å². The van der Waals surface area contributed by atoms with E-state index in [-0.39, 0.29) is 11.1 Å². The van der Waals surface area contributed by atoms with Gasteiger partial charge in [-0.3, -0.25) is 0 Å². The largest absolute Gasteiger partial charge is 0.313 e. The average molecular weight is 186 g/mol. The van der Waals surface area contributed by atoms with Gasteiger partial charge in [0, 0.05) is 24.2 Å². The molecule has 1 fully saturated rings. The third-order valence-corrected chi connectivity index (χ3v) is 1.81. The SMILES string of the molecule is CC1(C)CNCC(C)(C)N1.CCC. The first-order valence-corrected chi connectivity index (χ1v) is 5.33. The van der Waals surface area contributed by atoms with Crippen molar-refractivity contribution >= 4 is 0 Å². The summed E-state index contributed by atoms with van der Waals surface area (Å²) in [6, 6.07) is 0. The Morgan fingerprint density at radius 2 is 1.23 bits per heavy atom. The molecule has 0 aromatic carbocycles. The second-order valence-corrected chi connectivity index (χ2v) is 5.20. The number of rotatable bonds is 0. The minimum atomic E-state index is 0.252. The van der Waals surface area contributed by atoms with Crippen molar-refractivity contribution in [2.24, 2.45) is 0 Å². The lowest BCUT2D eigenvalue weighted by molar-refractivity contribution is 0.201. The lowest BCUT2D eigenvalue weighted by Crippen LogP contribution is -2.65. The van der Waals surface area contributed by atoms with E-state index < -0.39 is 0 Å². The molecule has 1 rings (SSSR count). The smallest absolute Gasteiger partial charge is 0.0255 e. The molecule has 0 aromatic rings. The molecule has 0 amide bonds. The molecule has 1 saturated heterocycles. The quantitative estimate of drug-likeness (QED) is 0.606. The molecule has 1 aliphatic rings. The van der Waals surface area contributed by atoms with E-state index in [1.54, 1.807) is 0 Å². The Hall–Kier alpha value is -0.0800. The predicted octanol–water partition coefficient (Wildman–Crippen LogP) is 2.15. The second kappa shape index (κ2) is 4.97. The summed E-state index contributed by atoms with van der Waals surface area (Å²) in [5.74, 6) is 0. The van der Waals surface area contributed by atoms with Gasteiger partial charge in [0.1, 0.15) is 0 Å². The van der Waals surface area contributed by atoms with Crippen molar-refractivity contribution in [3.05, 3.63) is 0 Å². The fourth-order valence-electron chi connectivity index (χ4n) is 1.69. The Morgan fingerprint density at radius 3 is 1.38 bits per heavy atom. The predicted molar refractivity (Wildman–Crippen MR) is 60.1 cm³/mol. The summed E-state index contributed by atoms with van der Waals surface area (Å²) in [5.41, 5.74) is 0.503. The van der Waals surface area contributed by atoms with Crippen LogP contribution in [0.5, 0.6) is 0 Å². The maximum absolute atomic E-state index is 3.57. The molecule has 0 unspecified atom stereocenters. The highest BCUT2D eigenvalue weighted by Crippen LogP contribution is 2.13.